The summed E-state index contributed by atoms with van der Waals surface area (Å²) in [4.78, 5) is 0. The molecule has 0 aliphatic carbocycles. The number of hydrogen-bond donors (Lipinski definition) is 1. The van der Waals surface area contributed by atoms with Crippen LogP contribution in [0.25, 0.3) is 0 Å². The summed E-state index contributed by atoms with van der Waals surface area (Å²) in [6.45, 7) is 0.183. The minimum Gasteiger partial charge on any atom is -0.493 e. The van der Waals surface area contributed by atoms with Crippen molar-refractivity contribution in [2.24, 2.45) is 5.73 Å². The van der Waals surface area contributed by atoms with Crippen LogP contribution in [0.1, 0.15) is 18.0 Å². The molecule has 92 valence electrons. The van der Waals surface area contributed by atoms with E-state index in [1.54, 1.807) is 19.2 Å². The molecule has 1 aliphatic rings. The van der Waals surface area contributed by atoms with Crippen LogP contribution in [0, 0.1) is 11.3 Å². The van der Waals surface area contributed by atoms with Gasteiger partial charge in [-0.1, -0.05) is 0 Å². The van der Waals surface area contributed by atoms with Crippen molar-refractivity contribution >= 4 is 12.4 Å². The molecule has 0 saturated heterocycles. The molecule has 0 saturated carbocycles. The highest BCUT2D eigenvalue weighted by atomic mass is 35.5. The topological polar surface area (TPSA) is 77.5 Å². The standard InChI is InChI=1S/C11H12N2O3.ClH/c1-14-9-4-7(8(13)2-3-12)5-10-11(9)16-6-15-10;/h4-5,8H,2,6,13H2,1H3;1H/t8-;/m1./s1. The van der Waals surface area contributed by atoms with Crippen LogP contribution < -0.4 is 19.9 Å². The number of ether oxygens (including phenoxy) is 3. The lowest BCUT2D eigenvalue weighted by Crippen LogP contribution is -2.09. The predicted molar refractivity (Wildman–Crippen MR) is 63.5 cm³/mol. The predicted octanol–water partition coefficient (Wildman–Crippen LogP) is 1.76. The molecule has 0 unspecified atom stereocenters. The van der Waals surface area contributed by atoms with Crippen molar-refractivity contribution in [3.8, 4) is 23.3 Å². The Bertz CT molecular complexity index is 445. The summed E-state index contributed by atoms with van der Waals surface area (Å²) in [6, 6.07) is 5.25. The average molecular weight is 257 g/mol. The van der Waals surface area contributed by atoms with Crippen LogP contribution >= 0.6 is 12.4 Å². The molecule has 1 aliphatic heterocycles. The van der Waals surface area contributed by atoms with Crippen LogP contribution in [0.5, 0.6) is 17.2 Å². The highest BCUT2D eigenvalue weighted by Crippen LogP contribution is 2.42. The third kappa shape index (κ3) is 2.54. The van der Waals surface area contributed by atoms with Crippen molar-refractivity contribution in [2.45, 2.75) is 12.5 Å². The molecule has 0 fully saturated rings. The Labute approximate surface area is 105 Å². The van der Waals surface area contributed by atoms with Crippen LogP contribution in [0.15, 0.2) is 12.1 Å². The number of halogens is 1. The number of nitrogens with zero attached hydrogens (tertiary/aromatic N) is 1. The fourth-order valence-electron chi connectivity index (χ4n) is 1.58. The molecule has 0 spiro atoms. The second-order valence-electron chi connectivity index (χ2n) is 3.43. The fraction of sp³-hybridized carbons (Fsp3) is 0.364. The Balaban J connectivity index is 0.00000144. The van der Waals surface area contributed by atoms with Crippen molar-refractivity contribution in [2.75, 3.05) is 13.9 Å². The van der Waals surface area contributed by atoms with Crippen LogP contribution in [-0.4, -0.2) is 13.9 Å². The molecule has 0 radical (unpaired) electrons. The van der Waals surface area contributed by atoms with Gasteiger partial charge in [0.1, 0.15) is 0 Å². The fourth-order valence-corrected chi connectivity index (χ4v) is 1.58. The highest BCUT2D eigenvalue weighted by molar-refractivity contribution is 5.85. The van der Waals surface area contributed by atoms with Gasteiger partial charge in [-0.15, -0.1) is 12.4 Å². The summed E-state index contributed by atoms with van der Waals surface area (Å²) in [7, 11) is 1.55. The van der Waals surface area contributed by atoms with E-state index in [2.05, 4.69) is 0 Å². The number of benzene rings is 1. The van der Waals surface area contributed by atoms with E-state index in [1.807, 2.05) is 6.07 Å². The van der Waals surface area contributed by atoms with Gasteiger partial charge in [0, 0.05) is 6.04 Å². The van der Waals surface area contributed by atoms with Crippen molar-refractivity contribution in [1.29, 1.82) is 5.26 Å². The lowest BCUT2D eigenvalue weighted by molar-refractivity contribution is 0.171. The Morgan fingerprint density at radius 2 is 2.29 bits per heavy atom. The molecule has 2 N–H and O–H groups in total. The molecule has 17 heavy (non-hydrogen) atoms. The van der Waals surface area contributed by atoms with Crippen molar-refractivity contribution in [1.82, 2.24) is 0 Å². The molecule has 5 nitrogen and oxygen atoms in total. The third-order valence-electron chi connectivity index (χ3n) is 2.42. The number of hydrogen-bond acceptors (Lipinski definition) is 5. The van der Waals surface area contributed by atoms with Gasteiger partial charge in [-0.3, -0.25) is 0 Å². The van der Waals surface area contributed by atoms with E-state index in [-0.39, 0.29) is 31.7 Å². The van der Waals surface area contributed by atoms with Crippen LogP contribution in [-0.2, 0) is 0 Å². The summed E-state index contributed by atoms with van der Waals surface area (Å²) in [5, 5.41) is 8.60. The van der Waals surface area contributed by atoms with E-state index < -0.39 is 0 Å². The molecule has 1 atom stereocenters. The first-order valence-corrected chi connectivity index (χ1v) is 4.86. The van der Waals surface area contributed by atoms with Gasteiger partial charge in [-0.2, -0.15) is 5.26 Å². The maximum absolute atomic E-state index is 8.60. The lowest BCUT2D eigenvalue weighted by Gasteiger charge is -2.11. The second kappa shape index (κ2) is 5.62. The van der Waals surface area contributed by atoms with E-state index in [0.717, 1.165) is 5.56 Å². The summed E-state index contributed by atoms with van der Waals surface area (Å²) >= 11 is 0. The Hall–Kier alpha value is -1.64. The summed E-state index contributed by atoms with van der Waals surface area (Å²) in [5.74, 6) is 1.79. The van der Waals surface area contributed by atoms with Gasteiger partial charge in [-0.05, 0) is 17.7 Å². The minimum absolute atomic E-state index is 0. The largest absolute Gasteiger partial charge is 0.493 e. The normalized spacial score (nSPS) is 13.5. The van der Waals surface area contributed by atoms with Crippen LogP contribution in [0.2, 0.25) is 0 Å². The van der Waals surface area contributed by atoms with Gasteiger partial charge in [0.2, 0.25) is 12.5 Å². The molecule has 2 rings (SSSR count). The van der Waals surface area contributed by atoms with Crippen LogP contribution in [0.3, 0.4) is 0 Å². The van der Waals surface area contributed by atoms with E-state index in [1.165, 1.54) is 0 Å². The number of methoxy groups -OCH3 is 1. The Kier molecular flexibility index (Phi) is 4.44. The van der Waals surface area contributed by atoms with E-state index in [9.17, 15) is 0 Å². The van der Waals surface area contributed by atoms with E-state index in [0.29, 0.717) is 17.2 Å². The first-order valence-electron chi connectivity index (χ1n) is 4.86. The Morgan fingerprint density at radius 3 is 2.94 bits per heavy atom. The lowest BCUT2D eigenvalue weighted by atomic mass is 10.0. The number of fused-ring (bicyclic) bond motifs is 1. The zero-order valence-electron chi connectivity index (χ0n) is 9.30. The summed E-state index contributed by atoms with van der Waals surface area (Å²) in [6.07, 6.45) is 0.253. The van der Waals surface area contributed by atoms with Crippen molar-refractivity contribution < 1.29 is 14.2 Å². The zero-order chi connectivity index (χ0) is 11.5. The molecular formula is C11H13ClN2O3. The van der Waals surface area contributed by atoms with Gasteiger partial charge >= 0.3 is 0 Å². The maximum atomic E-state index is 8.60. The van der Waals surface area contributed by atoms with Crippen molar-refractivity contribution in [3.05, 3.63) is 17.7 Å². The highest BCUT2D eigenvalue weighted by Gasteiger charge is 2.21. The van der Waals surface area contributed by atoms with Gasteiger partial charge in [0.25, 0.3) is 0 Å². The average Bonchev–Trinajstić information content (AvgIpc) is 2.75. The first kappa shape index (κ1) is 13.4. The Morgan fingerprint density at radius 1 is 1.53 bits per heavy atom. The monoisotopic (exact) mass is 256 g/mol. The van der Waals surface area contributed by atoms with Gasteiger partial charge in [-0.25, -0.2) is 0 Å². The SMILES string of the molecule is COc1cc([C@H](N)CC#N)cc2c1OCO2.Cl. The second-order valence-corrected chi connectivity index (χ2v) is 3.43. The number of rotatable bonds is 3. The maximum Gasteiger partial charge on any atom is 0.231 e. The molecule has 1 heterocycles. The van der Waals surface area contributed by atoms with Gasteiger partial charge in [0.15, 0.2) is 11.5 Å². The first-order chi connectivity index (χ1) is 7.76. The van der Waals surface area contributed by atoms with Gasteiger partial charge in [0.05, 0.1) is 19.6 Å². The molecule has 0 aromatic heterocycles. The van der Waals surface area contributed by atoms with Crippen LogP contribution in [0.4, 0.5) is 0 Å². The molecule has 0 bridgehead atoms. The minimum atomic E-state index is -0.339. The molecule has 1 aromatic rings. The number of nitriles is 1. The van der Waals surface area contributed by atoms with E-state index in [4.69, 9.17) is 25.2 Å². The summed E-state index contributed by atoms with van der Waals surface area (Å²) < 4.78 is 15.7. The summed E-state index contributed by atoms with van der Waals surface area (Å²) in [5.41, 5.74) is 6.66. The molecular weight excluding hydrogens is 244 g/mol. The molecule has 1 aromatic carbocycles. The van der Waals surface area contributed by atoms with Crippen molar-refractivity contribution in [3.63, 3.8) is 0 Å². The zero-order valence-corrected chi connectivity index (χ0v) is 10.1. The molecule has 6 heteroatoms. The smallest absolute Gasteiger partial charge is 0.231 e. The van der Waals surface area contributed by atoms with E-state index >= 15 is 0 Å². The third-order valence-corrected chi connectivity index (χ3v) is 2.42. The quantitative estimate of drug-likeness (QED) is 0.892. The number of nitrogens with two attached hydrogens (primary N) is 1. The van der Waals surface area contributed by atoms with Gasteiger partial charge < -0.3 is 19.9 Å². The molecule has 0 amide bonds.